The van der Waals surface area contributed by atoms with E-state index in [1.54, 1.807) is 18.4 Å². The first kappa shape index (κ1) is 12.6. The van der Waals surface area contributed by atoms with Gasteiger partial charge in [0.2, 0.25) is 0 Å². The molecule has 0 aromatic carbocycles. The SMILES string of the molecule is COCCOC(c1sccc1C)C(C)N. The van der Waals surface area contributed by atoms with Crippen molar-refractivity contribution < 1.29 is 9.47 Å². The van der Waals surface area contributed by atoms with Gasteiger partial charge in [0.05, 0.1) is 13.2 Å². The second-order valence-electron chi connectivity index (χ2n) is 3.61. The van der Waals surface area contributed by atoms with Crippen LogP contribution in [0.3, 0.4) is 0 Å². The van der Waals surface area contributed by atoms with Gasteiger partial charge in [0.15, 0.2) is 0 Å². The summed E-state index contributed by atoms with van der Waals surface area (Å²) in [4.78, 5) is 1.22. The molecule has 2 unspecified atom stereocenters. The molecule has 2 atom stereocenters. The highest BCUT2D eigenvalue weighted by Crippen LogP contribution is 2.28. The van der Waals surface area contributed by atoms with Gasteiger partial charge in [-0.15, -0.1) is 11.3 Å². The topological polar surface area (TPSA) is 44.5 Å². The number of ether oxygens (including phenoxy) is 2. The summed E-state index contributed by atoms with van der Waals surface area (Å²) in [5.74, 6) is 0. The van der Waals surface area contributed by atoms with E-state index in [-0.39, 0.29) is 12.1 Å². The van der Waals surface area contributed by atoms with Crippen LogP contribution in [0.4, 0.5) is 0 Å². The van der Waals surface area contributed by atoms with Gasteiger partial charge in [-0.2, -0.15) is 0 Å². The van der Waals surface area contributed by atoms with E-state index in [0.29, 0.717) is 13.2 Å². The van der Waals surface area contributed by atoms with Crippen LogP contribution in [-0.4, -0.2) is 26.4 Å². The first-order chi connectivity index (χ1) is 7.16. The standard InChI is InChI=1S/C11H19NO2S/c1-8-4-7-15-11(8)10(9(2)12)14-6-5-13-3/h4,7,9-10H,5-6,12H2,1-3H3. The highest BCUT2D eigenvalue weighted by atomic mass is 32.1. The zero-order chi connectivity index (χ0) is 11.3. The van der Waals surface area contributed by atoms with Gasteiger partial charge in [-0.05, 0) is 30.9 Å². The molecule has 0 bridgehead atoms. The summed E-state index contributed by atoms with van der Waals surface area (Å²) in [7, 11) is 1.67. The van der Waals surface area contributed by atoms with Crippen molar-refractivity contribution in [3.63, 3.8) is 0 Å². The molecule has 0 aliphatic rings. The highest BCUT2D eigenvalue weighted by Gasteiger charge is 2.19. The van der Waals surface area contributed by atoms with Gasteiger partial charge in [-0.25, -0.2) is 0 Å². The molecule has 0 spiro atoms. The first-order valence-electron chi connectivity index (χ1n) is 5.07. The fourth-order valence-electron chi connectivity index (χ4n) is 1.40. The minimum Gasteiger partial charge on any atom is -0.382 e. The molecule has 0 saturated heterocycles. The van der Waals surface area contributed by atoms with E-state index in [9.17, 15) is 0 Å². The molecule has 0 aliphatic carbocycles. The smallest absolute Gasteiger partial charge is 0.107 e. The molecule has 3 nitrogen and oxygen atoms in total. The molecule has 0 amide bonds. The summed E-state index contributed by atoms with van der Waals surface area (Å²) in [6, 6.07) is 2.09. The predicted molar refractivity (Wildman–Crippen MR) is 63.3 cm³/mol. The van der Waals surface area contributed by atoms with Gasteiger partial charge < -0.3 is 15.2 Å². The molecule has 0 saturated carbocycles. The average Bonchev–Trinajstić information content (AvgIpc) is 2.59. The van der Waals surface area contributed by atoms with Crippen LogP contribution in [0.15, 0.2) is 11.4 Å². The van der Waals surface area contributed by atoms with E-state index in [0.717, 1.165) is 0 Å². The molecule has 4 heteroatoms. The number of methoxy groups -OCH3 is 1. The number of aryl methyl sites for hydroxylation is 1. The van der Waals surface area contributed by atoms with E-state index in [4.69, 9.17) is 15.2 Å². The summed E-state index contributed by atoms with van der Waals surface area (Å²) in [6.07, 6.45) is -0.0138. The monoisotopic (exact) mass is 229 g/mol. The Bertz CT molecular complexity index is 286. The van der Waals surface area contributed by atoms with Gasteiger partial charge in [0, 0.05) is 18.0 Å². The van der Waals surface area contributed by atoms with Crippen molar-refractivity contribution >= 4 is 11.3 Å². The fourth-order valence-corrected chi connectivity index (χ4v) is 2.49. The van der Waals surface area contributed by atoms with Crippen LogP contribution in [0.2, 0.25) is 0 Å². The zero-order valence-electron chi connectivity index (χ0n) is 9.53. The van der Waals surface area contributed by atoms with Crippen molar-refractivity contribution in [3.8, 4) is 0 Å². The van der Waals surface area contributed by atoms with E-state index in [2.05, 4.69) is 18.4 Å². The number of hydrogen-bond donors (Lipinski definition) is 1. The number of thiophene rings is 1. The van der Waals surface area contributed by atoms with Crippen molar-refractivity contribution in [2.24, 2.45) is 5.73 Å². The lowest BCUT2D eigenvalue weighted by Gasteiger charge is -2.21. The first-order valence-corrected chi connectivity index (χ1v) is 5.95. The summed E-state index contributed by atoms with van der Waals surface area (Å²) < 4.78 is 10.7. The van der Waals surface area contributed by atoms with Crippen molar-refractivity contribution in [3.05, 3.63) is 21.9 Å². The number of hydrogen-bond acceptors (Lipinski definition) is 4. The van der Waals surface area contributed by atoms with Crippen molar-refractivity contribution in [2.45, 2.75) is 26.0 Å². The van der Waals surface area contributed by atoms with Gasteiger partial charge in [0.25, 0.3) is 0 Å². The molecular weight excluding hydrogens is 210 g/mol. The Kier molecular flexibility index (Phi) is 5.25. The summed E-state index contributed by atoms with van der Waals surface area (Å²) in [5.41, 5.74) is 7.17. The average molecular weight is 229 g/mol. The third kappa shape index (κ3) is 3.57. The number of rotatable bonds is 6. The van der Waals surface area contributed by atoms with Crippen LogP contribution in [0.1, 0.15) is 23.5 Å². The molecule has 1 rings (SSSR count). The lowest BCUT2D eigenvalue weighted by Crippen LogP contribution is -2.27. The van der Waals surface area contributed by atoms with Crippen molar-refractivity contribution in [2.75, 3.05) is 20.3 Å². The normalized spacial score (nSPS) is 15.2. The summed E-state index contributed by atoms with van der Waals surface area (Å²) in [5, 5.41) is 2.07. The molecule has 15 heavy (non-hydrogen) atoms. The minimum absolute atomic E-state index is 0.000735. The van der Waals surface area contributed by atoms with Gasteiger partial charge in [-0.3, -0.25) is 0 Å². The lowest BCUT2D eigenvalue weighted by atomic mass is 10.1. The Hall–Kier alpha value is -0.420. The minimum atomic E-state index is -0.0138. The third-order valence-electron chi connectivity index (χ3n) is 2.22. The number of nitrogens with two attached hydrogens (primary N) is 1. The molecule has 1 aromatic heterocycles. The second-order valence-corrected chi connectivity index (χ2v) is 4.56. The maximum Gasteiger partial charge on any atom is 0.107 e. The zero-order valence-corrected chi connectivity index (χ0v) is 10.3. The van der Waals surface area contributed by atoms with Crippen LogP contribution in [0, 0.1) is 6.92 Å². The Morgan fingerprint density at radius 3 is 2.67 bits per heavy atom. The Balaban J connectivity index is 2.62. The van der Waals surface area contributed by atoms with Crippen LogP contribution in [0.25, 0.3) is 0 Å². The molecule has 0 fully saturated rings. The van der Waals surface area contributed by atoms with E-state index in [1.807, 2.05) is 6.92 Å². The van der Waals surface area contributed by atoms with Crippen LogP contribution < -0.4 is 5.73 Å². The van der Waals surface area contributed by atoms with Crippen LogP contribution >= 0.6 is 11.3 Å². The molecule has 0 radical (unpaired) electrons. The van der Waals surface area contributed by atoms with E-state index >= 15 is 0 Å². The predicted octanol–water partition coefficient (Wildman–Crippen LogP) is 2.11. The fraction of sp³-hybridized carbons (Fsp3) is 0.636. The maximum absolute atomic E-state index is 5.92. The Labute approximate surface area is 95.2 Å². The van der Waals surface area contributed by atoms with E-state index in [1.165, 1.54) is 10.4 Å². The quantitative estimate of drug-likeness (QED) is 0.760. The lowest BCUT2D eigenvalue weighted by molar-refractivity contribution is 0.00771. The molecule has 0 aliphatic heterocycles. The van der Waals surface area contributed by atoms with Crippen LogP contribution in [-0.2, 0) is 9.47 Å². The molecule has 86 valence electrons. The summed E-state index contributed by atoms with van der Waals surface area (Å²) in [6.45, 7) is 5.24. The van der Waals surface area contributed by atoms with Gasteiger partial charge in [0.1, 0.15) is 6.10 Å². The largest absolute Gasteiger partial charge is 0.382 e. The second kappa shape index (κ2) is 6.23. The molecule has 2 N–H and O–H groups in total. The van der Waals surface area contributed by atoms with Crippen LogP contribution in [0.5, 0.6) is 0 Å². The van der Waals surface area contributed by atoms with Crippen molar-refractivity contribution in [1.82, 2.24) is 0 Å². The molecular formula is C11H19NO2S. The highest BCUT2D eigenvalue weighted by molar-refractivity contribution is 7.10. The molecule has 1 aromatic rings. The Morgan fingerprint density at radius 2 is 2.20 bits per heavy atom. The third-order valence-corrected chi connectivity index (χ3v) is 3.30. The Morgan fingerprint density at radius 1 is 1.47 bits per heavy atom. The summed E-state index contributed by atoms with van der Waals surface area (Å²) >= 11 is 1.70. The molecule has 1 heterocycles. The maximum atomic E-state index is 5.92. The van der Waals surface area contributed by atoms with Gasteiger partial charge >= 0.3 is 0 Å². The van der Waals surface area contributed by atoms with E-state index < -0.39 is 0 Å². The van der Waals surface area contributed by atoms with Crippen molar-refractivity contribution in [1.29, 1.82) is 0 Å². The van der Waals surface area contributed by atoms with Gasteiger partial charge in [-0.1, -0.05) is 0 Å².